The first kappa shape index (κ1) is 14.1. The van der Waals surface area contributed by atoms with Gasteiger partial charge < -0.3 is 10.4 Å². The highest BCUT2D eigenvalue weighted by molar-refractivity contribution is 9.10. The van der Waals surface area contributed by atoms with E-state index in [1.165, 1.54) is 0 Å². The number of carbonyl (C=O) groups is 2. The van der Waals surface area contributed by atoms with Crippen molar-refractivity contribution in [1.29, 1.82) is 0 Å². The fourth-order valence-corrected chi connectivity index (χ4v) is 2.92. The summed E-state index contributed by atoms with van der Waals surface area (Å²) in [4.78, 5) is 23.4. The van der Waals surface area contributed by atoms with Gasteiger partial charge in [-0.05, 0) is 24.5 Å². The summed E-state index contributed by atoms with van der Waals surface area (Å²) in [5.41, 5.74) is -0.197. The predicted octanol–water partition coefficient (Wildman–Crippen LogP) is 2.51. The van der Waals surface area contributed by atoms with Gasteiger partial charge in [-0.1, -0.05) is 47.0 Å². The van der Waals surface area contributed by atoms with Gasteiger partial charge in [0.05, 0.1) is 6.42 Å². The molecule has 0 radical (unpaired) electrons. The van der Waals surface area contributed by atoms with Crippen LogP contribution >= 0.6 is 15.9 Å². The minimum absolute atomic E-state index is 0.191. The Bertz CT molecular complexity index is 495. The van der Waals surface area contributed by atoms with E-state index in [1.807, 2.05) is 24.3 Å². The van der Waals surface area contributed by atoms with Crippen molar-refractivity contribution in [3.8, 4) is 0 Å². The molecular weight excluding hydrogens is 310 g/mol. The van der Waals surface area contributed by atoms with Gasteiger partial charge in [-0.3, -0.25) is 4.79 Å². The molecule has 1 fully saturated rings. The van der Waals surface area contributed by atoms with Crippen LogP contribution in [0.3, 0.4) is 0 Å². The molecule has 0 spiro atoms. The summed E-state index contributed by atoms with van der Waals surface area (Å²) >= 11 is 3.38. The number of halogens is 1. The molecule has 0 saturated heterocycles. The van der Waals surface area contributed by atoms with Gasteiger partial charge in [0.15, 0.2) is 0 Å². The standard InChI is InChI=1S/C14H16BrNO3/c15-11-6-2-1-5-10(11)9-12(17)16-14(13(18)19)7-3-4-8-14/h1-2,5-6H,3-4,7-9H2,(H,16,17)(H,18,19). The zero-order chi connectivity index (χ0) is 13.9. The Morgan fingerprint density at radius 3 is 2.47 bits per heavy atom. The van der Waals surface area contributed by atoms with Crippen molar-refractivity contribution >= 4 is 27.8 Å². The molecule has 0 aliphatic heterocycles. The van der Waals surface area contributed by atoms with Crippen molar-refractivity contribution in [1.82, 2.24) is 5.32 Å². The molecule has 0 heterocycles. The van der Waals surface area contributed by atoms with Crippen LogP contribution in [0.4, 0.5) is 0 Å². The number of rotatable bonds is 4. The second-order valence-corrected chi connectivity index (χ2v) is 5.77. The van der Waals surface area contributed by atoms with Crippen LogP contribution in [-0.2, 0) is 16.0 Å². The van der Waals surface area contributed by atoms with Crippen molar-refractivity contribution in [2.45, 2.75) is 37.6 Å². The smallest absolute Gasteiger partial charge is 0.329 e. The van der Waals surface area contributed by atoms with Gasteiger partial charge in [-0.25, -0.2) is 4.79 Å². The van der Waals surface area contributed by atoms with E-state index < -0.39 is 11.5 Å². The lowest BCUT2D eigenvalue weighted by Gasteiger charge is -2.25. The number of hydrogen-bond acceptors (Lipinski definition) is 2. The number of benzene rings is 1. The van der Waals surface area contributed by atoms with E-state index >= 15 is 0 Å². The molecule has 1 aromatic carbocycles. The molecule has 1 aromatic rings. The third-order valence-electron chi connectivity index (χ3n) is 3.55. The fourth-order valence-electron chi connectivity index (χ4n) is 2.50. The molecule has 0 bridgehead atoms. The molecule has 0 aromatic heterocycles. The van der Waals surface area contributed by atoms with E-state index in [9.17, 15) is 14.7 Å². The average molecular weight is 326 g/mol. The molecule has 0 atom stereocenters. The average Bonchev–Trinajstić information content (AvgIpc) is 2.82. The number of amides is 1. The molecule has 2 rings (SSSR count). The highest BCUT2D eigenvalue weighted by Gasteiger charge is 2.42. The van der Waals surface area contributed by atoms with Crippen LogP contribution in [0.15, 0.2) is 28.7 Å². The monoisotopic (exact) mass is 325 g/mol. The van der Waals surface area contributed by atoms with E-state index in [2.05, 4.69) is 21.2 Å². The Balaban J connectivity index is 2.05. The van der Waals surface area contributed by atoms with Gasteiger partial charge in [0, 0.05) is 4.47 Å². The number of carboxylic acid groups (broad SMARTS) is 1. The van der Waals surface area contributed by atoms with Crippen molar-refractivity contribution in [3.63, 3.8) is 0 Å². The maximum absolute atomic E-state index is 12.0. The normalized spacial score (nSPS) is 17.1. The topological polar surface area (TPSA) is 66.4 Å². The molecule has 1 saturated carbocycles. The highest BCUT2D eigenvalue weighted by atomic mass is 79.9. The summed E-state index contributed by atoms with van der Waals surface area (Å²) < 4.78 is 0.862. The lowest BCUT2D eigenvalue weighted by atomic mass is 9.97. The Morgan fingerprint density at radius 1 is 1.26 bits per heavy atom. The molecular formula is C14H16BrNO3. The number of aliphatic carboxylic acids is 1. The van der Waals surface area contributed by atoms with Crippen LogP contribution in [0.2, 0.25) is 0 Å². The fraction of sp³-hybridized carbons (Fsp3) is 0.429. The quantitative estimate of drug-likeness (QED) is 0.893. The third kappa shape index (κ3) is 3.15. The van der Waals surface area contributed by atoms with Gasteiger partial charge in [0.2, 0.25) is 5.91 Å². The molecule has 19 heavy (non-hydrogen) atoms. The van der Waals surface area contributed by atoms with Crippen LogP contribution in [0, 0.1) is 0 Å². The van der Waals surface area contributed by atoms with Gasteiger partial charge in [0.25, 0.3) is 0 Å². The van der Waals surface area contributed by atoms with Crippen LogP contribution in [0.1, 0.15) is 31.2 Å². The number of carbonyl (C=O) groups excluding carboxylic acids is 1. The lowest BCUT2D eigenvalue weighted by Crippen LogP contribution is -2.52. The molecule has 1 aliphatic rings. The van der Waals surface area contributed by atoms with Crippen LogP contribution < -0.4 is 5.32 Å². The van der Waals surface area contributed by atoms with Gasteiger partial charge in [0.1, 0.15) is 5.54 Å². The summed E-state index contributed by atoms with van der Waals surface area (Å²) in [6.45, 7) is 0. The first-order valence-electron chi connectivity index (χ1n) is 6.31. The Kier molecular flexibility index (Phi) is 4.24. The van der Waals surface area contributed by atoms with Gasteiger partial charge in [-0.2, -0.15) is 0 Å². The summed E-state index contributed by atoms with van der Waals surface area (Å²) in [5, 5.41) is 12.0. The molecule has 5 heteroatoms. The zero-order valence-electron chi connectivity index (χ0n) is 10.5. The predicted molar refractivity (Wildman–Crippen MR) is 74.8 cm³/mol. The van der Waals surface area contributed by atoms with Crippen molar-refractivity contribution in [3.05, 3.63) is 34.3 Å². The van der Waals surface area contributed by atoms with Crippen molar-refractivity contribution in [2.75, 3.05) is 0 Å². The number of carboxylic acids is 1. The maximum Gasteiger partial charge on any atom is 0.329 e. The van der Waals surface area contributed by atoms with Crippen LogP contribution in [0.25, 0.3) is 0 Å². The molecule has 4 nitrogen and oxygen atoms in total. The van der Waals surface area contributed by atoms with Gasteiger partial charge >= 0.3 is 5.97 Å². The molecule has 2 N–H and O–H groups in total. The largest absolute Gasteiger partial charge is 0.480 e. The zero-order valence-corrected chi connectivity index (χ0v) is 12.1. The van der Waals surface area contributed by atoms with Gasteiger partial charge in [-0.15, -0.1) is 0 Å². The van der Waals surface area contributed by atoms with E-state index in [0.29, 0.717) is 12.8 Å². The number of nitrogens with one attached hydrogen (secondary N) is 1. The highest BCUT2D eigenvalue weighted by Crippen LogP contribution is 2.30. The second-order valence-electron chi connectivity index (χ2n) is 4.91. The summed E-state index contributed by atoms with van der Waals surface area (Å²) in [6, 6.07) is 7.45. The molecule has 102 valence electrons. The van der Waals surface area contributed by atoms with E-state index in [1.54, 1.807) is 0 Å². The van der Waals surface area contributed by atoms with Crippen molar-refractivity contribution < 1.29 is 14.7 Å². The Labute approximate surface area is 120 Å². The Hall–Kier alpha value is -1.36. The SMILES string of the molecule is O=C(Cc1ccccc1Br)NC1(C(=O)O)CCCC1. The maximum atomic E-state index is 12.0. The van der Waals surface area contributed by atoms with E-state index in [4.69, 9.17) is 0 Å². The second kappa shape index (κ2) is 5.74. The molecule has 1 aliphatic carbocycles. The van der Waals surface area contributed by atoms with Crippen molar-refractivity contribution in [2.24, 2.45) is 0 Å². The van der Waals surface area contributed by atoms with Crippen LogP contribution in [-0.4, -0.2) is 22.5 Å². The van der Waals surface area contributed by atoms with Crippen LogP contribution in [0.5, 0.6) is 0 Å². The molecule has 1 amide bonds. The molecule has 0 unspecified atom stereocenters. The van der Waals surface area contributed by atoms with E-state index in [-0.39, 0.29) is 12.3 Å². The summed E-state index contributed by atoms with van der Waals surface area (Å²) in [6.07, 6.45) is 2.92. The minimum Gasteiger partial charge on any atom is -0.480 e. The Morgan fingerprint density at radius 2 is 1.89 bits per heavy atom. The first-order chi connectivity index (χ1) is 9.03. The summed E-state index contributed by atoms with van der Waals surface area (Å²) in [5.74, 6) is -1.17. The first-order valence-corrected chi connectivity index (χ1v) is 7.11. The number of hydrogen-bond donors (Lipinski definition) is 2. The van der Waals surface area contributed by atoms with E-state index in [0.717, 1.165) is 22.9 Å². The lowest BCUT2D eigenvalue weighted by molar-refractivity contribution is -0.147. The third-order valence-corrected chi connectivity index (χ3v) is 4.33. The summed E-state index contributed by atoms with van der Waals surface area (Å²) in [7, 11) is 0. The minimum atomic E-state index is -1.06.